The number of ketones is 1. The number of carboxylic acid groups (broad SMARTS) is 1. The van der Waals surface area contributed by atoms with Gasteiger partial charge in [-0.05, 0) is 30.2 Å². The lowest BCUT2D eigenvalue weighted by atomic mass is 9.64. The number of Topliss-reactive ketones (excluding diaryl/α,β-unsaturated/α-hetero) is 1. The van der Waals surface area contributed by atoms with Crippen LogP contribution in [0.4, 0.5) is 0 Å². The van der Waals surface area contributed by atoms with Crippen molar-refractivity contribution >= 4 is 24.6 Å². The fourth-order valence-corrected chi connectivity index (χ4v) is 3.02. The molecule has 0 saturated carbocycles. The van der Waals surface area contributed by atoms with Crippen molar-refractivity contribution < 1.29 is 29.2 Å². The number of oxime groups is 1. The van der Waals surface area contributed by atoms with Crippen LogP contribution in [0.3, 0.4) is 0 Å². The van der Waals surface area contributed by atoms with Gasteiger partial charge >= 0.3 is 13.1 Å². The Balaban J connectivity index is 1.82. The lowest BCUT2D eigenvalue weighted by Crippen LogP contribution is -2.36. The molecule has 138 valence electrons. The third kappa shape index (κ3) is 3.98. The summed E-state index contributed by atoms with van der Waals surface area (Å²) in [4.78, 5) is 32.8. The van der Waals surface area contributed by atoms with Crippen LogP contribution >= 0.6 is 0 Å². The van der Waals surface area contributed by atoms with Gasteiger partial charge < -0.3 is 19.6 Å². The SMILES string of the molecule is CO/N=C(\C(=O)C[C@H]1Cc2cccc(C(=O)O)c2OB1O)c1cccnc1. The standard InChI is InChI=1S/C18H17BN2O6/c1-26-21-16(12-5-3-7-20-10-12)15(22)9-13-8-11-4-2-6-14(18(23)24)17(11)27-19(13)25/h2-7,10,13,25H,8-9H2,1H3,(H,23,24)/b21-16-/t13-/m1/s1. The van der Waals surface area contributed by atoms with Crippen molar-refractivity contribution in [2.24, 2.45) is 5.16 Å². The number of benzene rings is 1. The predicted octanol–water partition coefficient (Wildman–Crippen LogP) is 1.58. The van der Waals surface area contributed by atoms with Crippen LogP contribution in [-0.4, -0.2) is 46.8 Å². The minimum atomic E-state index is -1.31. The number of rotatable bonds is 6. The van der Waals surface area contributed by atoms with E-state index in [1.807, 2.05) is 0 Å². The first kappa shape index (κ1) is 18.6. The minimum Gasteiger partial charge on any atom is -0.535 e. The number of carbonyl (C=O) groups excluding carboxylic acids is 1. The van der Waals surface area contributed by atoms with Crippen LogP contribution in [-0.2, 0) is 16.1 Å². The van der Waals surface area contributed by atoms with Crippen LogP contribution < -0.4 is 4.65 Å². The average Bonchev–Trinajstić information content (AvgIpc) is 2.66. The number of aromatic nitrogens is 1. The van der Waals surface area contributed by atoms with Crippen LogP contribution in [0, 0.1) is 0 Å². The quantitative estimate of drug-likeness (QED) is 0.451. The summed E-state index contributed by atoms with van der Waals surface area (Å²) in [7, 11) is 0.0333. The summed E-state index contributed by atoms with van der Waals surface area (Å²) in [5.74, 6) is -1.89. The highest BCUT2D eigenvalue weighted by atomic mass is 16.6. The lowest BCUT2D eigenvalue weighted by Gasteiger charge is -2.28. The van der Waals surface area contributed by atoms with E-state index in [1.165, 1.54) is 19.4 Å². The zero-order chi connectivity index (χ0) is 19.4. The molecule has 2 aromatic rings. The molecule has 1 aromatic heterocycles. The van der Waals surface area contributed by atoms with Gasteiger partial charge in [-0.25, -0.2) is 4.79 Å². The monoisotopic (exact) mass is 368 g/mol. The number of fused-ring (bicyclic) bond motifs is 1. The molecule has 2 N–H and O–H groups in total. The second-order valence-corrected chi connectivity index (χ2v) is 6.06. The van der Waals surface area contributed by atoms with Gasteiger partial charge in [0.1, 0.15) is 12.9 Å². The molecule has 2 heterocycles. The van der Waals surface area contributed by atoms with E-state index in [0.717, 1.165) is 0 Å². The molecule has 0 fully saturated rings. The number of pyridine rings is 1. The normalized spacial score (nSPS) is 16.3. The van der Waals surface area contributed by atoms with Crippen molar-refractivity contribution in [1.82, 2.24) is 4.98 Å². The first-order valence-electron chi connectivity index (χ1n) is 8.26. The molecule has 1 aliphatic heterocycles. The van der Waals surface area contributed by atoms with E-state index in [2.05, 4.69) is 10.1 Å². The molecule has 0 radical (unpaired) electrons. The zero-order valence-electron chi connectivity index (χ0n) is 14.5. The summed E-state index contributed by atoms with van der Waals surface area (Å²) >= 11 is 0. The Kier molecular flexibility index (Phi) is 5.51. The van der Waals surface area contributed by atoms with E-state index in [-0.39, 0.29) is 29.2 Å². The number of carboxylic acids is 1. The molecule has 0 spiro atoms. The lowest BCUT2D eigenvalue weighted by molar-refractivity contribution is -0.113. The molecule has 0 amide bonds. The summed E-state index contributed by atoms with van der Waals surface area (Å²) in [5.41, 5.74) is 1.21. The zero-order valence-corrected chi connectivity index (χ0v) is 14.5. The molecular weight excluding hydrogens is 351 g/mol. The largest absolute Gasteiger partial charge is 0.535 e. The van der Waals surface area contributed by atoms with Crippen LogP contribution in [0.2, 0.25) is 5.82 Å². The van der Waals surface area contributed by atoms with E-state index in [4.69, 9.17) is 9.49 Å². The first-order valence-corrected chi connectivity index (χ1v) is 8.26. The van der Waals surface area contributed by atoms with Crippen LogP contribution in [0.25, 0.3) is 0 Å². The number of para-hydroxylation sites is 1. The second-order valence-electron chi connectivity index (χ2n) is 6.06. The van der Waals surface area contributed by atoms with Gasteiger partial charge in [-0.15, -0.1) is 0 Å². The molecule has 0 aliphatic carbocycles. The summed E-state index contributed by atoms with van der Waals surface area (Å²) in [5, 5.41) is 23.3. The van der Waals surface area contributed by atoms with Crippen molar-refractivity contribution in [3.8, 4) is 5.75 Å². The molecule has 1 atom stereocenters. The van der Waals surface area contributed by atoms with Crippen molar-refractivity contribution in [3.63, 3.8) is 0 Å². The average molecular weight is 368 g/mol. The topological polar surface area (TPSA) is 118 Å². The third-order valence-electron chi connectivity index (χ3n) is 4.28. The molecular formula is C18H17BN2O6. The number of aromatic carboxylic acids is 1. The van der Waals surface area contributed by atoms with Crippen molar-refractivity contribution in [1.29, 1.82) is 0 Å². The molecule has 8 nitrogen and oxygen atoms in total. The molecule has 1 aromatic carbocycles. The van der Waals surface area contributed by atoms with Crippen LogP contribution in [0.1, 0.15) is 27.9 Å². The highest BCUT2D eigenvalue weighted by Gasteiger charge is 2.38. The smallest absolute Gasteiger partial charge is 0.526 e. The van der Waals surface area contributed by atoms with Gasteiger partial charge in [-0.2, -0.15) is 0 Å². The fourth-order valence-electron chi connectivity index (χ4n) is 3.02. The maximum atomic E-state index is 12.7. The highest BCUT2D eigenvalue weighted by molar-refractivity contribution is 6.51. The maximum absolute atomic E-state index is 12.7. The number of hydrogen-bond acceptors (Lipinski definition) is 7. The van der Waals surface area contributed by atoms with E-state index in [9.17, 15) is 19.7 Å². The van der Waals surface area contributed by atoms with Gasteiger partial charge in [0.05, 0.1) is 5.56 Å². The molecule has 3 rings (SSSR count). The van der Waals surface area contributed by atoms with E-state index in [1.54, 1.807) is 30.5 Å². The summed E-state index contributed by atoms with van der Waals surface area (Å²) < 4.78 is 5.42. The third-order valence-corrected chi connectivity index (χ3v) is 4.28. The molecule has 0 bridgehead atoms. The summed E-state index contributed by atoms with van der Waals surface area (Å²) in [6.07, 6.45) is 3.33. The van der Waals surface area contributed by atoms with E-state index < -0.39 is 18.9 Å². The van der Waals surface area contributed by atoms with Crippen LogP contribution in [0.5, 0.6) is 5.75 Å². The number of carbonyl (C=O) groups is 2. The fraction of sp³-hybridized carbons (Fsp3) is 0.222. The molecule has 0 saturated heterocycles. The summed E-state index contributed by atoms with van der Waals surface area (Å²) in [6, 6.07) is 8.10. The predicted molar refractivity (Wildman–Crippen MR) is 96.9 cm³/mol. The highest BCUT2D eigenvalue weighted by Crippen LogP contribution is 2.36. The first-order chi connectivity index (χ1) is 13.0. The van der Waals surface area contributed by atoms with E-state index >= 15 is 0 Å². The van der Waals surface area contributed by atoms with Crippen molar-refractivity contribution in [3.05, 3.63) is 59.4 Å². The molecule has 9 heteroatoms. The Morgan fingerprint density at radius 1 is 1.37 bits per heavy atom. The number of nitrogens with zero attached hydrogens (tertiary/aromatic N) is 2. The summed E-state index contributed by atoms with van der Waals surface area (Å²) in [6.45, 7) is 0. The van der Waals surface area contributed by atoms with Gasteiger partial charge in [0.15, 0.2) is 11.5 Å². The van der Waals surface area contributed by atoms with Gasteiger partial charge in [-0.3, -0.25) is 9.78 Å². The molecule has 0 unspecified atom stereocenters. The Hall–Kier alpha value is -3.20. The Labute approximate surface area is 155 Å². The Bertz CT molecular complexity index is 887. The molecule has 1 aliphatic rings. The maximum Gasteiger partial charge on any atom is 0.526 e. The van der Waals surface area contributed by atoms with Gasteiger partial charge in [0, 0.05) is 30.2 Å². The van der Waals surface area contributed by atoms with Crippen molar-refractivity contribution in [2.45, 2.75) is 18.7 Å². The van der Waals surface area contributed by atoms with Gasteiger partial charge in [0.25, 0.3) is 0 Å². The van der Waals surface area contributed by atoms with Gasteiger partial charge in [-0.1, -0.05) is 17.3 Å². The second kappa shape index (κ2) is 8.00. The van der Waals surface area contributed by atoms with Crippen LogP contribution in [0.15, 0.2) is 47.9 Å². The number of hydrogen-bond donors (Lipinski definition) is 2. The van der Waals surface area contributed by atoms with E-state index in [0.29, 0.717) is 17.5 Å². The Morgan fingerprint density at radius 3 is 2.85 bits per heavy atom. The van der Waals surface area contributed by atoms with Gasteiger partial charge in [0.2, 0.25) is 0 Å². The minimum absolute atomic E-state index is 0.0201. The molecule has 27 heavy (non-hydrogen) atoms. The Morgan fingerprint density at radius 2 is 2.19 bits per heavy atom. The van der Waals surface area contributed by atoms with Crippen molar-refractivity contribution in [2.75, 3.05) is 7.11 Å².